The fraction of sp³-hybridized carbons (Fsp3) is 1.00. The highest BCUT2D eigenvalue weighted by molar-refractivity contribution is 5.06. The Morgan fingerprint density at radius 2 is 1.83 bits per heavy atom. The van der Waals surface area contributed by atoms with E-state index >= 15 is 0 Å². The van der Waals surface area contributed by atoms with Crippen LogP contribution in [-0.2, 0) is 4.74 Å². The summed E-state index contributed by atoms with van der Waals surface area (Å²) in [4.78, 5) is 2.78. The second kappa shape index (κ2) is 4.46. The lowest BCUT2D eigenvalue weighted by molar-refractivity contribution is -0.0639. The maximum atomic E-state index is 5.56. The van der Waals surface area contributed by atoms with E-state index in [-0.39, 0.29) is 0 Å². The van der Waals surface area contributed by atoms with E-state index in [2.05, 4.69) is 31.0 Å². The van der Waals surface area contributed by atoms with Crippen molar-refractivity contribution < 1.29 is 4.74 Å². The Labute approximate surface area is 111 Å². The molecule has 2 unspecified atom stereocenters. The van der Waals surface area contributed by atoms with Crippen molar-refractivity contribution in [3.05, 3.63) is 0 Å². The number of hydrogen-bond donors (Lipinski definition) is 1. The van der Waals surface area contributed by atoms with E-state index in [1.807, 2.05) is 0 Å². The van der Waals surface area contributed by atoms with E-state index in [9.17, 15) is 0 Å². The van der Waals surface area contributed by atoms with Crippen molar-refractivity contribution in [3.63, 3.8) is 0 Å². The molecule has 0 aromatic rings. The lowest BCUT2D eigenvalue weighted by Crippen LogP contribution is -2.68. The molecule has 3 nitrogen and oxygen atoms in total. The van der Waals surface area contributed by atoms with Gasteiger partial charge in [-0.05, 0) is 52.4 Å². The molecule has 0 aromatic carbocycles. The molecular formula is C15H28N2O. The SMILES string of the molecule is CC1CNC(C)(C2CC2)CN1C1(C)CCOCC1. The molecule has 3 fully saturated rings. The Morgan fingerprint density at radius 1 is 1.17 bits per heavy atom. The van der Waals surface area contributed by atoms with E-state index in [0.717, 1.165) is 25.7 Å². The number of nitrogens with one attached hydrogen (secondary N) is 1. The zero-order chi connectivity index (χ0) is 12.8. The zero-order valence-electron chi connectivity index (χ0n) is 12.2. The number of ether oxygens (including phenoxy) is 1. The molecule has 2 atom stereocenters. The molecule has 3 heteroatoms. The highest BCUT2D eigenvalue weighted by Gasteiger charge is 2.49. The zero-order valence-corrected chi connectivity index (χ0v) is 12.2. The van der Waals surface area contributed by atoms with Gasteiger partial charge < -0.3 is 10.1 Å². The topological polar surface area (TPSA) is 24.5 Å². The molecule has 0 aromatic heterocycles. The van der Waals surface area contributed by atoms with Gasteiger partial charge >= 0.3 is 0 Å². The lowest BCUT2D eigenvalue weighted by Gasteiger charge is -2.54. The van der Waals surface area contributed by atoms with Crippen molar-refractivity contribution in [2.75, 3.05) is 26.3 Å². The molecule has 0 spiro atoms. The molecule has 18 heavy (non-hydrogen) atoms. The van der Waals surface area contributed by atoms with E-state index < -0.39 is 0 Å². The van der Waals surface area contributed by atoms with Crippen LogP contribution in [0.1, 0.15) is 46.5 Å². The van der Waals surface area contributed by atoms with Crippen LogP contribution in [-0.4, -0.2) is 48.3 Å². The third-order valence-electron chi connectivity index (χ3n) is 5.57. The normalized spacial score (nSPS) is 41.8. The summed E-state index contributed by atoms with van der Waals surface area (Å²) >= 11 is 0. The van der Waals surface area contributed by atoms with Gasteiger partial charge in [-0.1, -0.05) is 0 Å². The Hall–Kier alpha value is -0.120. The van der Waals surface area contributed by atoms with Crippen LogP contribution in [0.15, 0.2) is 0 Å². The van der Waals surface area contributed by atoms with Crippen molar-refractivity contribution in [2.24, 2.45) is 5.92 Å². The highest BCUT2D eigenvalue weighted by atomic mass is 16.5. The van der Waals surface area contributed by atoms with Crippen LogP contribution in [0.2, 0.25) is 0 Å². The Balaban J connectivity index is 1.76. The van der Waals surface area contributed by atoms with Crippen LogP contribution in [0.5, 0.6) is 0 Å². The maximum absolute atomic E-state index is 5.56. The minimum absolute atomic E-state index is 0.355. The lowest BCUT2D eigenvalue weighted by atomic mass is 9.83. The first-order chi connectivity index (χ1) is 8.54. The highest BCUT2D eigenvalue weighted by Crippen LogP contribution is 2.43. The molecule has 104 valence electrons. The first-order valence-corrected chi connectivity index (χ1v) is 7.63. The molecule has 3 aliphatic rings. The first kappa shape index (κ1) is 12.9. The summed E-state index contributed by atoms with van der Waals surface area (Å²) in [6, 6.07) is 0.653. The molecule has 1 saturated carbocycles. The van der Waals surface area contributed by atoms with Crippen LogP contribution < -0.4 is 5.32 Å². The van der Waals surface area contributed by atoms with E-state index in [4.69, 9.17) is 4.74 Å². The summed E-state index contributed by atoms with van der Waals surface area (Å²) in [5.41, 5.74) is 0.712. The molecule has 0 amide bonds. The largest absolute Gasteiger partial charge is 0.381 e. The summed E-state index contributed by atoms with van der Waals surface area (Å²) in [6.45, 7) is 11.5. The van der Waals surface area contributed by atoms with Gasteiger partial charge in [0, 0.05) is 43.4 Å². The quantitative estimate of drug-likeness (QED) is 0.814. The minimum atomic E-state index is 0.355. The van der Waals surface area contributed by atoms with Gasteiger partial charge in [0.2, 0.25) is 0 Å². The fourth-order valence-corrected chi connectivity index (χ4v) is 3.87. The number of rotatable bonds is 2. The average Bonchev–Trinajstić information content (AvgIpc) is 3.18. The van der Waals surface area contributed by atoms with Gasteiger partial charge in [-0.25, -0.2) is 0 Å². The van der Waals surface area contributed by atoms with Crippen LogP contribution in [0, 0.1) is 5.92 Å². The molecule has 2 aliphatic heterocycles. The summed E-state index contributed by atoms with van der Waals surface area (Å²) in [5.74, 6) is 0.913. The van der Waals surface area contributed by atoms with Gasteiger partial charge in [-0.15, -0.1) is 0 Å². The van der Waals surface area contributed by atoms with Crippen LogP contribution in [0.25, 0.3) is 0 Å². The molecule has 1 N–H and O–H groups in total. The average molecular weight is 252 g/mol. The van der Waals surface area contributed by atoms with Crippen LogP contribution in [0.4, 0.5) is 0 Å². The monoisotopic (exact) mass is 252 g/mol. The molecule has 3 rings (SSSR count). The third kappa shape index (κ3) is 2.21. The second-order valence-electron chi connectivity index (χ2n) is 7.16. The Morgan fingerprint density at radius 3 is 2.44 bits per heavy atom. The van der Waals surface area contributed by atoms with Gasteiger partial charge in [-0.2, -0.15) is 0 Å². The summed E-state index contributed by atoms with van der Waals surface area (Å²) in [5, 5.41) is 3.82. The summed E-state index contributed by atoms with van der Waals surface area (Å²) < 4.78 is 5.56. The van der Waals surface area contributed by atoms with Crippen molar-refractivity contribution in [1.82, 2.24) is 10.2 Å². The van der Waals surface area contributed by atoms with Crippen molar-refractivity contribution in [1.29, 1.82) is 0 Å². The third-order valence-corrected chi connectivity index (χ3v) is 5.57. The molecule has 2 heterocycles. The van der Waals surface area contributed by atoms with E-state index in [1.165, 1.54) is 32.2 Å². The van der Waals surface area contributed by atoms with Crippen molar-refractivity contribution in [3.8, 4) is 0 Å². The number of hydrogen-bond acceptors (Lipinski definition) is 3. The predicted octanol–water partition coefficient (Wildman–Crippen LogP) is 2.02. The first-order valence-electron chi connectivity index (χ1n) is 7.63. The van der Waals surface area contributed by atoms with E-state index in [1.54, 1.807) is 0 Å². The molecule has 0 bridgehead atoms. The molecule has 0 radical (unpaired) electrons. The van der Waals surface area contributed by atoms with Crippen LogP contribution >= 0.6 is 0 Å². The molecular weight excluding hydrogens is 224 g/mol. The van der Waals surface area contributed by atoms with Gasteiger partial charge in [0.25, 0.3) is 0 Å². The molecule has 2 saturated heterocycles. The smallest absolute Gasteiger partial charge is 0.0483 e. The van der Waals surface area contributed by atoms with Crippen molar-refractivity contribution >= 4 is 0 Å². The molecule has 1 aliphatic carbocycles. The van der Waals surface area contributed by atoms with Gasteiger partial charge in [0.15, 0.2) is 0 Å². The fourth-order valence-electron chi connectivity index (χ4n) is 3.87. The van der Waals surface area contributed by atoms with Gasteiger partial charge in [0.1, 0.15) is 0 Å². The standard InChI is InChI=1S/C15H28N2O/c1-12-10-16-15(3,13-4-5-13)11-17(12)14(2)6-8-18-9-7-14/h12-13,16H,4-11H2,1-3H3. The summed E-state index contributed by atoms with van der Waals surface area (Å²) in [7, 11) is 0. The Bertz CT molecular complexity index is 310. The minimum Gasteiger partial charge on any atom is -0.381 e. The summed E-state index contributed by atoms with van der Waals surface area (Å²) in [6.07, 6.45) is 5.23. The maximum Gasteiger partial charge on any atom is 0.0483 e. The number of nitrogens with zero attached hydrogens (tertiary/aromatic N) is 1. The number of piperazine rings is 1. The van der Waals surface area contributed by atoms with Crippen molar-refractivity contribution in [2.45, 2.75) is 63.6 Å². The second-order valence-corrected chi connectivity index (χ2v) is 7.16. The van der Waals surface area contributed by atoms with E-state index in [0.29, 0.717) is 17.1 Å². The van der Waals surface area contributed by atoms with Crippen LogP contribution in [0.3, 0.4) is 0 Å². The van der Waals surface area contributed by atoms with Gasteiger partial charge in [-0.3, -0.25) is 4.90 Å². The van der Waals surface area contributed by atoms with Gasteiger partial charge in [0.05, 0.1) is 0 Å². The predicted molar refractivity (Wildman–Crippen MR) is 73.8 cm³/mol. The Kier molecular flexibility index (Phi) is 3.20.